The van der Waals surface area contributed by atoms with Crippen LogP contribution >= 0.6 is 0 Å². The average molecular weight is 213 g/mol. The van der Waals surface area contributed by atoms with Gasteiger partial charge >= 0.3 is 5.97 Å². The van der Waals surface area contributed by atoms with Gasteiger partial charge in [0.15, 0.2) is 0 Å². The minimum absolute atomic E-state index is 0.156. The van der Waals surface area contributed by atoms with Gasteiger partial charge in [0.25, 0.3) is 0 Å². The molecule has 0 aromatic heterocycles. The number of carbonyl (C=O) groups is 1. The van der Waals surface area contributed by atoms with Crippen LogP contribution in [0.25, 0.3) is 0 Å². The van der Waals surface area contributed by atoms with Gasteiger partial charge in [-0.1, -0.05) is 19.8 Å². The van der Waals surface area contributed by atoms with Crippen molar-refractivity contribution in [1.29, 1.82) is 0 Å². The van der Waals surface area contributed by atoms with Crippen molar-refractivity contribution in [3.8, 4) is 0 Å². The standard InChI is InChI=1S/C12H23NO2/c1-9-4-2-5-10(8-9)11(12(14)15)6-3-7-13/h9-11H,2-8,13H2,1H3,(H,14,15). The average Bonchev–Trinajstić information content (AvgIpc) is 2.18. The van der Waals surface area contributed by atoms with Gasteiger partial charge in [-0.05, 0) is 44.1 Å². The van der Waals surface area contributed by atoms with E-state index >= 15 is 0 Å². The third-order valence-corrected chi connectivity index (χ3v) is 3.58. The molecule has 3 atom stereocenters. The fourth-order valence-electron chi connectivity index (χ4n) is 2.75. The van der Waals surface area contributed by atoms with Gasteiger partial charge in [-0.25, -0.2) is 0 Å². The van der Waals surface area contributed by atoms with Crippen LogP contribution in [-0.4, -0.2) is 17.6 Å². The van der Waals surface area contributed by atoms with Crippen LogP contribution < -0.4 is 5.73 Å². The fourth-order valence-corrected chi connectivity index (χ4v) is 2.75. The predicted molar refractivity (Wildman–Crippen MR) is 60.5 cm³/mol. The molecule has 3 unspecified atom stereocenters. The monoisotopic (exact) mass is 213 g/mol. The molecule has 0 spiro atoms. The molecule has 0 radical (unpaired) electrons. The van der Waals surface area contributed by atoms with Gasteiger partial charge in [-0.15, -0.1) is 0 Å². The van der Waals surface area contributed by atoms with Crippen LogP contribution in [0, 0.1) is 17.8 Å². The summed E-state index contributed by atoms with van der Waals surface area (Å²) in [6.45, 7) is 2.83. The Labute approximate surface area is 92.0 Å². The maximum absolute atomic E-state index is 11.2. The fraction of sp³-hybridized carbons (Fsp3) is 0.917. The van der Waals surface area contributed by atoms with E-state index in [1.807, 2.05) is 0 Å². The second-order valence-electron chi connectivity index (χ2n) is 4.91. The van der Waals surface area contributed by atoms with Crippen molar-refractivity contribution in [2.45, 2.75) is 45.4 Å². The number of rotatable bonds is 5. The lowest BCUT2D eigenvalue weighted by Crippen LogP contribution is -2.28. The smallest absolute Gasteiger partial charge is 0.306 e. The second-order valence-corrected chi connectivity index (χ2v) is 4.91. The van der Waals surface area contributed by atoms with Crippen molar-refractivity contribution in [3.05, 3.63) is 0 Å². The van der Waals surface area contributed by atoms with E-state index in [9.17, 15) is 9.90 Å². The van der Waals surface area contributed by atoms with Gasteiger partial charge in [-0.3, -0.25) is 4.79 Å². The lowest BCUT2D eigenvalue weighted by atomic mass is 9.74. The highest BCUT2D eigenvalue weighted by atomic mass is 16.4. The van der Waals surface area contributed by atoms with Crippen LogP contribution in [0.3, 0.4) is 0 Å². The highest BCUT2D eigenvalue weighted by Crippen LogP contribution is 2.35. The van der Waals surface area contributed by atoms with E-state index in [2.05, 4.69) is 6.92 Å². The molecule has 15 heavy (non-hydrogen) atoms. The van der Waals surface area contributed by atoms with Crippen molar-refractivity contribution in [1.82, 2.24) is 0 Å². The van der Waals surface area contributed by atoms with Crippen molar-refractivity contribution in [2.24, 2.45) is 23.5 Å². The summed E-state index contributed by atoms with van der Waals surface area (Å²) in [4.78, 5) is 11.2. The van der Waals surface area contributed by atoms with E-state index in [1.54, 1.807) is 0 Å². The second kappa shape index (κ2) is 6.11. The summed E-state index contributed by atoms with van der Waals surface area (Å²) < 4.78 is 0. The zero-order valence-electron chi connectivity index (χ0n) is 9.61. The maximum atomic E-state index is 11.2. The van der Waals surface area contributed by atoms with Crippen LogP contribution in [0.1, 0.15) is 45.4 Å². The van der Waals surface area contributed by atoms with Crippen LogP contribution in [0.2, 0.25) is 0 Å². The number of aliphatic carboxylic acids is 1. The van der Waals surface area contributed by atoms with Crippen molar-refractivity contribution in [3.63, 3.8) is 0 Å². The minimum atomic E-state index is -0.623. The van der Waals surface area contributed by atoms with Gasteiger partial charge in [-0.2, -0.15) is 0 Å². The molecule has 1 aliphatic rings. The lowest BCUT2D eigenvalue weighted by Gasteiger charge is -2.31. The van der Waals surface area contributed by atoms with Gasteiger partial charge in [0.05, 0.1) is 5.92 Å². The van der Waals surface area contributed by atoms with Crippen LogP contribution in [0.5, 0.6) is 0 Å². The molecular weight excluding hydrogens is 190 g/mol. The molecule has 0 heterocycles. The summed E-state index contributed by atoms with van der Waals surface area (Å²) in [5.41, 5.74) is 5.44. The van der Waals surface area contributed by atoms with E-state index in [4.69, 9.17) is 5.73 Å². The molecule has 0 bridgehead atoms. The molecule has 0 aromatic rings. The third-order valence-electron chi connectivity index (χ3n) is 3.58. The van der Waals surface area contributed by atoms with E-state index in [0.29, 0.717) is 18.4 Å². The Morgan fingerprint density at radius 1 is 1.53 bits per heavy atom. The summed E-state index contributed by atoms with van der Waals surface area (Å²) >= 11 is 0. The first-order chi connectivity index (χ1) is 7.15. The Bertz CT molecular complexity index is 206. The zero-order valence-corrected chi connectivity index (χ0v) is 9.61. The first-order valence-electron chi connectivity index (χ1n) is 6.08. The lowest BCUT2D eigenvalue weighted by molar-refractivity contribution is -0.144. The summed E-state index contributed by atoms with van der Waals surface area (Å²) in [6, 6.07) is 0. The highest BCUT2D eigenvalue weighted by molar-refractivity contribution is 5.70. The van der Waals surface area contributed by atoms with Gasteiger partial charge in [0, 0.05) is 0 Å². The molecule has 0 amide bonds. The molecule has 1 saturated carbocycles. The first kappa shape index (κ1) is 12.5. The molecule has 1 aliphatic carbocycles. The van der Waals surface area contributed by atoms with Crippen LogP contribution in [-0.2, 0) is 4.79 Å². The summed E-state index contributed by atoms with van der Waals surface area (Å²) in [5.74, 6) is 0.306. The molecule has 1 fully saturated rings. The number of hydrogen-bond acceptors (Lipinski definition) is 2. The van der Waals surface area contributed by atoms with Gasteiger partial charge < -0.3 is 10.8 Å². The maximum Gasteiger partial charge on any atom is 0.306 e. The van der Waals surface area contributed by atoms with Crippen LogP contribution in [0.4, 0.5) is 0 Å². The number of nitrogens with two attached hydrogens (primary N) is 1. The molecule has 0 aromatic carbocycles. The Hall–Kier alpha value is -0.570. The number of carboxylic acids is 1. The minimum Gasteiger partial charge on any atom is -0.481 e. The Balaban J connectivity index is 2.50. The Kier molecular flexibility index (Phi) is 5.09. The summed E-state index contributed by atoms with van der Waals surface area (Å²) in [5, 5.41) is 9.20. The van der Waals surface area contributed by atoms with Gasteiger partial charge in [0.2, 0.25) is 0 Å². The van der Waals surface area contributed by atoms with Crippen molar-refractivity contribution in [2.75, 3.05) is 6.54 Å². The molecule has 3 heteroatoms. The molecule has 3 nitrogen and oxygen atoms in total. The van der Waals surface area contributed by atoms with E-state index in [0.717, 1.165) is 25.7 Å². The third kappa shape index (κ3) is 3.82. The molecule has 88 valence electrons. The molecular formula is C12H23NO2. The normalized spacial score (nSPS) is 28.7. The van der Waals surface area contributed by atoms with Crippen LogP contribution in [0.15, 0.2) is 0 Å². The van der Waals surface area contributed by atoms with Crippen molar-refractivity contribution >= 4 is 5.97 Å². The molecule has 1 rings (SSSR count). The highest BCUT2D eigenvalue weighted by Gasteiger charge is 2.30. The largest absolute Gasteiger partial charge is 0.481 e. The summed E-state index contributed by atoms with van der Waals surface area (Å²) in [6.07, 6.45) is 6.22. The predicted octanol–water partition coefficient (Wildman–Crippen LogP) is 2.25. The number of carboxylic acid groups (broad SMARTS) is 1. The van der Waals surface area contributed by atoms with E-state index in [-0.39, 0.29) is 5.92 Å². The Morgan fingerprint density at radius 3 is 2.80 bits per heavy atom. The summed E-state index contributed by atoms with van der Waals surface area (Å²) in [7, 11) is 0. The SMILES string of the molecule is CC1CCCC(C(CCCN)C(=O)O)C1. The zero-order chi connectivity index (χ0) is 11.3. The first-order valence-corrected chi connectivity index (χ1v) is 6.08. The molecule has 3 N–H and O–H groups in total. The van der Waals surface area contributed by atoms with E-state index < -0.39 is 5.97 Å². The Morgan fingerprint density at radius 2 is 2.27 bits per heavy atom. The van der Waals surface area contributed by atoms with Gasteiger partial charge in [0.1, 0.15) is 0 Å². The quantitative estimate of drug-likeness (QED) is 0.736. The molecule has 0 saturated heterocycles. The topological polar surface area (TPSA) is 63.3 Å². The number of hydrogen-bond donors (Lipinski definition) is 2. The van der Waals surface area contributed by atoms with E-state index in [1.165, 1.54) is 12.8 Å². The molecule has 0 aliphatic heterocycles. The van der Waals surface area contributed by atoms with Crippen molar-refractivity contribution < 1.29 is 9.90 Å².